The zero-order chi connectivity index (χ0) is 17.4. The molecule has 24 heavy (non-hydrogen) atoms. The third-order valence-corrected chi connectivity index (χ3v) is 3.51. The molecule has 2 rings (SSSR count). The smallest absolute Gasteiger partial charge is 0.305 e. The SMILES string of the molecule is COC(=O)CCCN(C)C(=O)c1cccc(Oc2ccccc2)c1. The summed E-state index contributed by atoms with van der Waals surface area (Å²) < 4.78 is 10.3. The predicted octanol–water partition coefficient (Wildman–Crippen LogP) is 3.50. The summed E-state index contributed by atoms with van der Waals surface area (Å²) in [6.07, 6.45) is 0.862. The van der Waals surface area contributed by atoms with E-state index >= 15 is 0 Å². The molecular formula is C19H21NO4. The van der Waals surface area contributed by atoms with Crippen LogP contribution in [-0.4, -0.2) is 37.5 Å². The Kier molecular flexibility index (Phi) is 6.37. The highest BCUT2D eigenvalue weighted by atomic mass is 16.5. The second-order valence-corrected chi connectivity index (χ2v) is 5.35. The van der Waals surface area contributed by atoms with Gasteiger partial charge in [0.1, 0.15) is 11.5 Å². The Labute approximate surface area is 141 Å². The summed E-state index contributed by atoms with van der Waals surface area (Å²) in [6.45, 7) is 0.484. The van der Waals surface area contributed by atoms with Crippen molar-refractivity contribution in [1.82, 2.24) is 4.90 Å². The van der Waals surface area contributed by atoms with Crippen LogP contribution in [0.15, 0.2) is 54.6 Å². The highest BCUT2D eigenvalue weighted by molar-refractivity contribution is 5.94. The third kappa shape index (κ3) is 5.12. The summed E-state index contributed by atoms with van der Waals surface area (Å²) in [6, 6.07) is 16.5. The van der Waals surface area contributed by atoms with E-state index in [-0.39, 0.29) is 11.9 Å². The van der Waals surface area contributed by atoms with Gasteiger partial charge in [-0.05, 0) is 36.8 Å². The first-order valence-electron chi connectivity index (χ1n) is 7.75. The number of amides is 1. The standard InChI is InChI=1S/C19H21NO4/c1-20(13-7-12-18(21)23-2)19(22)15-8-6-11-17(14-15)24-16-9-4-3-5-10-16/h3-6,8-11,14H,7,12-13H2,1-2H3. The monoisotopic (exact) mass is 327 g/mol. The number of nitrogens with zero attached hydrogens (tertiary/aromatic N) is 1. The van der Waals surface area contributed by atoms with E-state index in [2.05, 4.69) is 4.74 Å². The molecule has 126 valence electrons. The molecule has 0 aromatic heterocycles. The fraction of sp³-hybridized carbons (Fsp3) is 0.263. The van der Waals surface area contributed by atoms with Crippen molar-refractivity contribution in [2.24, 2.45) is 0 Å². The second-order valence-electron chi connectivity index (χ2n) is 5.35. The quantitative estimate of drug-likeness (QED) is 0.730. The zero-order valence-electron chi connectivity index (χ0n) is 13.9. The van der Waals surface area contributed by atoms with Crippen molar-refractivity contribution >= 4 is 11.9 Å². The highest BCUT2D eigenvalue weighted by Gasteiger charge is 2.13. The molecule has 0 atom stereocenters. The molecule has 5 heteroatoms. The average molecular weight is 327 g/mol. The molecule has 0 aliphatic heterocycles. The van der Waals surface area contributed by atoms with Crippen molar-refractivity contribution in [1.29, 1.82) is 0 Å². The van der Waals surface area contributed by atoms with Gasteiger partial charge in [0.05, 0.1) is 7.11 Å². The van der Waals surface area contributed by atoms with Crippen LogP contribution in [0.4, 0.5) is 0 Å². The van der Waals surface area contributed by atoms with Crippen molar-refractivity contribution in [3.63, 3.8) is 0 Å². The molecule has 0 bridgehead atoms. The van der Waals surface area contributed by atoms with Gasteiger partial charge in [0.25, 0.3) is 5.91 Å². The molecule has 0 radical (unpaired) electrons. The Hall–Kier alpha value is -2.82. The van der Waals surface area contributed by atoms with Gasteiger partial charge in [-0.25, -0.2) is 0 Å². The summed E-state index contributed by atoms with van der Waals surface area (Å²) in [4.78, 5) is 25.1. The van der Waals surface area contributed by atoms with E-state index < -0.39 is 0 Å². The number of rotatable bonds is 7. The third-order valence-electron chi connectivity index (χ3n) is 3.51. The molecule has 0 saturated carbocycles. The van der Waals surface area contributed by atoms with E-state index in [1.165, 1.54) is 7.11 Å². The first kappa shape index (κ1) is 17.5. The summed E-state index contributed by atoms with van der Waals surface area (Å²) in [7, 11) is 3.07. The largest absolute Gasteiger partial charge is 0.469 e. The van der Waals surface area contributed by atoms with Gasteiger partial charge in [-0.3, -0.25) is 9.59 Å². The second kappa shape index (κ2) is 8.72. The molecule has 0 aliphatic rings. The summed E-state index contributed by atoms with van der Waals surface area (Å²) in [5.74, 6) is 0.941. The minimum Gasteiger partial charge on any atom is -0.469 e. The van der Waals surface area contributed by atoms with Crippen molar-refractivity contribution in [2.75, 3.05) is 20.7 Å². The molecule has 0 spiro atoms. The van der Waals surface area contributed by atoms with Crippen LogP contribution in [0.2, 0.25) is 0 Å². The Balaban J connectivity index is 1.96. The van der Waals surface area contributed by atoms with E-state index in [4.69, 9.17) is 4.74 Å². The molecule has 0 N–H and O–H groups in total. The first-order chi connectivity index (χ1) is 11.6. The molecular weight excluding hydrogens is 306 g/mol. The van der Waals surface area contributed by atoms with E-state index in [1.54, 1.807) is 36.2 Å². The van der Waals surface area contributed by atoms with Gasteiger partial charge in [-0.2, -0.15) is 0 Å². The number of benzene rings is 2. The van der Waals surface area contributed by atoms with E-state index in [9.17, 15) is 9.59 Å². The molecule has 0 saturated heterocycles. The van der Waals surface area contributed by atoms with Crippen LogP contribution in [0.5, 0.6) is 11.5 Å². The fourth-order valence-corrected chi connectivity index (χ4v) is 2.20. The van der Waals surface area contributed by atoms with Crippen molar-refractivity contribution in [2.45, 2.75) is 12.8 Å². The van der Waals surface area contributed by atoms with Gasteiger partial charge < -0.3 is 14.4 Å². The molecule has 2 aromatic carbocycles. The zero-order valence-corrected chi connectivity index (χ0v) is 13.9. The Bertz CT molecular complexity index is 685. The summed E-state index contributed by atoms with van der Waals surface area (Å²) in [5, 5.41) is 0. The number of methoxy groups -OCH3 is 1. The van der Waals surface area contributed by atoms with Gasteiger partial charge >= 0.3 is 5.97 Å². The number of carbonyl (C=O) groups excluding carboxylic acids is 2. The van der Waals surface area contributed by atoms with Gasteiger partial charge in [-0.15, -0.1) is 0 Å². The lowest BCUT2D eigenvalue weighted by Gasteiger charge is -2.17. The normalized spacial score (nSPS) is 10.1. The maximum atomic E-state index is 12.4. The van der Waals surface area contributed by atoms with Crippen molar-refractivity contribution in [3.05, 3.63) is 60.2 Å². The Morgan fingerprint density at radius 2 is 1.71 bits per heavy atom. The summed E-state index contributed by atoms with van der Waals surface area (Å²) >= 11 is 0. The van der Waals surface area contributed by atoms with Gasteiger partial charge in [0, 0.05) is 25.6 Å². The minimum atomic E-state index is -0.269. The van der Waals surface area contributed by atoms with Crippen LogP contribution in [0.3, 0.4) is 0 Å². The number of hydrogen-bond donors (Lipinski definition) is 0. The molecule has 2 aromatic rings. The number of hydrogen-bond acceptors (Lipinski definition) is 4. The Morgan fingerprint density at radius 1 is 1.00 bits per heavy atom. The predicted molar refractivity (Wildman–Crippen MR) is 91.2 cm³/mol. The van der Waals surface area contributed by atoms with Crippen molar-refractivity contribution < 1.29 is 19.1 Å². The first-order valence-corrected chi connectivity index (χ1v) is 7.75. The number of esters is 1. The molecule has 0 heterocycles. The minimum absolute atomic E-state index is 0.113. The van der Waals surface area contributed by atoms with Crippen LogP contribution >= 0.6 is 0 Å². The van der Waals surface area contributed by atoms with Gasteiger partial charge in [0.15, 0.2) is 0 Å². The van der Waals surface area contributed by atoms with Crippen LogP contribution in [0, 0.1) is 0 Å². The maximum Gasteiger partial charge on any atom is 0.305 e. The fourth-order valence-electron chi connectivity index (χ4n) is 2.20. The van der Waals surface area contributed by atoms with E-state index in [0.717, 1.165) is 0 Å². The summed E-state index contributed by atoms with van der Waals surface area (Å²) in [5.41, 5.74) is 0.545. The molecule has 5 nitrogen and oxygen atoms in total. The van der Waals surface area contributed by atoms with Crippen LogP contribution in [0.25, 0.3) is 0 Å². The van der Waals surface area contributed by atoms with E-state index in [1.807, 2.05) is 30.3 Å². The van der Waals surface area contributed by atoms with Gasteiger partial charge in [-0.1, -0.05) is 24.3 Å². The average Bonchev–Trinajstić information content (AvgIpc) is 2.61. The van der Waals surface area contributed by atoms with Crippen LogP contribution in [-0.2, 0) is 9.53 Å². The molecule has 1 amide bonds. The van der Waals surface area contributed by atoms with E-state index in [0.29, 0.717) is 36.4 Å². The lowest BCUT2D eigenvalue weighted by Crippen LogP contribution is -2.28. The van der Waals surface area contributed by atoms with Crippen LogP contribution in [0.1, 0.15) is 23.2 Å². The topological polar surface area (TPSA) is 55.8 Å². The Morgan fingerprint density at radius 3 is 2.42 bits per heavy atom. The molecule has 0 aliphatic carbocycles. The molecule has 0 unspecified atom stereocenters. The number of carbonyl (C=O) groups is 2. The lowest BCUT2D eigenvalue weighted by atomic mass is 10.2. The van der Waals surface area contributed by atoms with Crippen LogP contribution < -0.4 is 4.74 Å². The van der Waals surface area contributed by atoms with Crippen molar-refractivity contribution in [3.8, 4) is 11.5 Å². The number of para-hydroxylation sites is 1. The maximum absolute atomic E-state index is 12.4. The molecule has 0 fully saturated rings. The highest BCUT2D eigenvalue weighted by Crippen LogP contribution is 2.22. The van der Waals surface area contributed by atoms with Gasteiger partial charge in [0.2, 0.25) is 0 Å². The number of ether oxygens (including phenoxy) is 2. The lowest BCUT2D eigenvalue weighted by molar-refractivity contribution is -0.140.